The number of amides is 2. The van der Waals surface area contributed by atoms with E-state index in [4.69, 9.17) is 11.6 Å². The first-order valence-corrected chi connectivity index (χ1v) is 8.70. The van der Waals surface area contributed by atoms with Crippen molar-refractivity contribution in [3.63, 3.8) is 0 Å². The summed E-state index contributed by atoms with van der Waals surface area (Å²) in [5.41, 5.74) is 1.47. The topological polar surface area (TPSA) is 58.2 Å². The fourth-order valence-electron chi connectivity index (χ4n) is 4.14. The van der Waals surface area contributed by atoms with Crippen molar-refractivity contribution in [3.05, 3.63) is 28.8 Å². The molecular weight excluding hydrogens is 312 g/mol. The maximum absolute atomic E-state index is 12.1. The molecule has 4 unspecified atom stereocenters. The van der Waals surface area contributed by atoms with E-state index in [0.29, 0.717) is 22.5 Å². The van der Waals surface area contributed by atoms with Gasteiger partial charge in [0.2, 0.25) is 0 Å². The van der Waals surface area contributed by atoms with Crippen LogP contribution >= 0.6 is 11.6 Å². The summed E-state index contributed by atoms with van der Waals surface area (Å²) in [7, 11) is 0. The van der Waals surface area contributed by atoms with Crippen molar-refractivity contribution in [2.75, 3.05) is 5.32 Å². The molecule has 2 bridgehead atoms. The lowest BCUT2D eigenvalue weighted by molar-refractivity contribution is -0.136. The van der Waals surface area contributed by atoms with Crippen molar-refractivity contribution in [1.82, 2.24) is 5.32 Å². The highest BCUT2D eigenvalue weighted by atomic mass is 35.5. The molecule has 2 amide bonds. The van der Waals surface area contributed by atoms with E-state index < -0.39 is 11.8 Å². The van der Waals surface area contributed by atoms with Crippen molar-refractivity contribution >= 4 is 29.1 Å². The summed E-state index contributed by atoms with van der Waals surface area (Å²) >= 11 is 6.03. The van der Waals surface area contributed by atoms with Gasteiger partial charge in [0, 0.05) is 16.8 Å². The number of carbonyl (C=O) groups is 2. The highest BCUT2D eigenvalue weighted by Gasteiger charge is 2.42. The van der Waals surface area contributed by atoms with Crippen LogP contribution in [-0.4, -0.2) is 17.9 Å². The minimum Gasteiger partial charge on any atom is -0.345 e. The summed E-state index contributed by atoms with van der Waals surface area (Å²) < 4.78 is 0. The second-order valence-corrected chi connectivity index (χ2v) is 7.43. The Morgan fingerprint density at radius 3 is 2.61 bits per heavy atom. The van der Waals surface area contributed by atoms with Gasteiger partial charge in [0.05, 0.1) is 0 Å². The van der Waals surface area contributed by atoms with E-state index in [2.05, 4.69) is 10.6 Å². The number of carbonyl (C=O) groups excluding carboxylic acids is 2. The van der Waals surface area contributed by atoms with Gasteiger partial charge < -0.3 is 10.6 Å². The normalized spacial score (nSPS) is 26.8. The maximum Gasteiger partial charge on any atom is 0.313 e. The molecule has 0 spiro atoms. The molecule has 0 aliphatic heterocycles. The van der Waals surface area contributed by atoms with Gasteiger partial charge in [0.15, 0.2) is 0 Å². The predicted octanol–water partition coefficient (Wildman–Crippen LogP) is 3.53. The summed E-state index contributed by atoms with van der Waals surface area (Å²) in [5, 5.41) is 6.04. The molecule has 4 atom stereocenters. The van der Waals surface area contributed by atoms with Crippen LogP contribution < -0.4 is 10.6 Å². The van der Waals surface area contributed by atoms with Crippen LogP contribution in [0.25, 0.3) is 0 Å². The van der Waals surface area contributed by atoms with Crippen molar-refractivity contribution < 1.29 is 9.59 Å². The zero-order valence-corrected chi connectivity index (χ0v) is 14.3. The Labute approximate surface area is 142 Å². The van der Waals surface area contributed by atoms with E-state index >= 15 is 0 Å². The number of anilines is 1. The average Bonchev–Trinajstić information content (AvgIpc) is 3.13. The molecule has 1 aromatic rings. The monoisotopic (exact) mass is 334 g/mol. The summed E-state index contributed by atoms with van der Waals surface area (Å²) in [6.07, 6.45) is 5.07. The first kappa shape index (κ1) is 16.3. The quantitative estimate of drug-likeness (QED) is 0.831. The van der Waals surface area contributed by atoms with Gasteiger partial charge in [-0.3, -0.25) is 9.59 Å². The molecule has 23 heavy (non-hydrogen) atoms. The predicted molar refractivity (Wildman–Crippen MR) is 91.4 cm³/mol. The number of aryl methyl sites for hydroxylation is 1. The third kappa shape index (κ3) is 3.52. The fraction of sp³-hybridized carbons (Fsp3) is 0.556. The SMILES string of the molecule is Cc1ccc(NC(=O)C(=O)NC(C)C2CC3CCC2C3)cc1Cl. The third-order valence-electron chi connectivity index (χ3n) is 5.43. The highest BCUT2D eigenvalue weighted by Crippen LogP contribution is 2.49. The molecule has 0 aromatic heterocycles. The lowest BCUT2D eigenvalue weighted by Crippen LogP contribution is -2.45. The third-order valence-corrected chi connectivity index (χ3v) is 5.84. The number of rotatable bonds is 3. The van der Waals surface area contributed by atoms with Gasteiger partial charge in [-0.15, -0.1) is 0 Å². The standard InChI is InChI=1S/C18H23ClN2O2/c1-10-3-6-14(9-16(10)19)21-18(23)17(22)20-11(2)15-8-12-4-5-13(15)7-12/h3,6,9,11-13,15H,4-5,7-8H2,1-2H3,(H,20,22)(H,21,23). The van der Waals surface area contributed by atoms with Crippen molar-refractivity contribution in [3.8, 4) is 0 Å². The molecular formula is C18H23ClN2O2. The first-order valence-electron chi connectivity index (χ1n) is 8.32. The second-order valence-electron chi connectivity index (χ2n) is 7.02. The molecule has 124 valence electrons. The Bertz CT molecular complexity index is 631. The van der Waals surface area contributed by atoms with Crippen molar-refractivity contribution in [2.45, 2.75) is 45.6 Å². The Kier molecular flexibility index (Phi) is 4.62. The number of hydrogen-bond acceptors (Lipinski definition) is 2. The number of halogens is 1. The van der Waals surface area contributed by atoms with Gasteiger partial charge in [-0.25, -0.2) is 0 Å². The summed E-state index contributed by atoms with van der Waals surface area (Å²) in [6.45, 7) is 3.90. The van der Waals surface area contributed by atoms with Crippen LogP contribution in [0.4, 0.5) is 5.69 Å². The lowest BCUT2D eigenvalue weighted by Gasteiger charge is -2.28. The first-order chi connectivity index (χ1) is 10.9. The van der Waals surface area contributed by atoms with Gasteiger partial charge in [0.25, 0.3) is 0 Å². The number of hydrogen-bond donors (Lipinski definition) is 2. The summed E-state index contributed by atoms with van der Waals surface area (Å²) in [6, 6.07) is 5.26. The lowest BCUT2D eigenvalue weighted by atomic mass is 9.84. The van der Waals surface area contributed by atoms with Crippen LogP contribution in [0.2, 0.25) is 5.02 Å². The van der Waals surface area contributed by atoms with Crippen molar-refractivity contribution in [1.29, 1.82) is 0 Å². The molecule has 0 heterocycles. The molecule has 2 aliphatic carbocycles. The minimum absolute atomic E-state index is 0.0464. The minimum atomic E-state index is -0.639. The van der Waals surface area contributed by atoms with E-state index in [9.17, 15) is 9.59 Å². The van der Waals surface area contributed by atoms with E-state index in [1.54, 1.807) is 12.1 Å². The summed E-state index contributed by atoms with van der Waals surface area (Å²) in [5.74, 6) is 0.846. The molecule has 2 N–H and O–H groups in total. The molecule has 5 heteroatoms. The average molecular weight is 335 g/mol. The van der Waals surface area contributed by atoms with Crippen LogP contribution in [-0.2, 0) is 9.59 Å². The Morgan fingerprint density at radius 1 is 1.22 bits per heavy atom. The Balaban J connectivity index is 1.55. The highest BCUT2D eigenvalue weighted by molar-refractivity contribution is 6.40. The van der Waals surface area contributed by atoms with E-state index in [0.717, 1.165) is 11.5 Å². The fourth-order valence-corrected chi connectivity index (χ4v) is 4.32. The molecule has 4 nitrogen and oxygen atoms in total. The second kappa shape index (κ2) is 6.52. The van der Waals surface area contributed by atoms with Crippen LogP contribution in [0.5, 0.6) is 0 Å². The number of nitrogens with one attached hydrogen (secondary N) is 2. The molecule has 3 rings (SSSR count). The largest absolute Gasteiger partial charge is 0.345 e. The van der Waals surface area contributed by atoms with Crippen LogP contribution in [0.3, 0.4) is 0 Å². The Morgan fingerprint density at radius 2 is 2.00 bits per heavy atom. The van der Waals surface area contributed by atoms with E-state index in [-0.39, 0.29) is 6.04 Å². The molecule has 0 radical (unpaired) electrons. The zero-order valence-electron chi connectivity index (χ0n) is 13.6. The van der Waals surface area contributed by atoms with E-state index in [1.807, 2.05) is 19.9 Å². The van der Waals surface area contributed by atoms with Crippen molar-refractivity contribution in [2.24, 2.45) is 17.8 Å². The molecule has 0 saturated heterocycles. The molecule has 1 aromatic carbocycles. The van der Waals surface area contributed by atoms with Gasteiger partial charge in [-0.2, -0.15) is 0 Å². The molecule has 2 aliphatic rings. The van der Waals surface area contributed by atoms with Gasteiger partial charge in [-0.05, 0) is 68.6 Å². The number of benzene rings is 1. The smallest absolute Gasteiger partial charge is 0.313 e. The van der Waals surface area contributed by atoms with Gasteiger partial charge in [-0.1, -0.05) is 24.1 Å². The molecule has 2 saturated carbocycles. The Hall–Kier alpha value is -1.55. The van der Waals surface area contributed by atoms with Crippen LogP contribution in [0, 0.1) is 24.7 Å². The maximum atomic E-state index is 12.1. The zero-order chi connectivity index (χ0) is 16.6. The van der Waals surface area contributed by atoms with Gasteiger partial charge in [0.1, 0.15) is 0 Å². The van der Waals surface area contributed by atoms with Crippen LogP contribution in [0.15, 0.2) is 18.2 Å². The van der Waals surface area contributed by atoms with E-state index in [1.165, 1.54) is 25.7 Å². The van der Waals surface area contributed by atoms with Gasteiger partial charge >= 0.3 is 11.8 Å². The molecule has 2 fully saturated rings. The van der Waals surface area contributed by atoms with Crippen LogP contribution in [0.1, 0.15) is 38.2 Å². The number of fused-ring (bicyclic) bond motifs is 2. The summed E-state index contributed by atoms with van der Waals surface area (Å²) in [4.78, 5) is 24.2.